The van der Waals surface area contributed by atoms with Crippen LogP contribution >= 0.6 is 11.3 Å². The summed E-state index contributed by atoms with van der Waals surface area (Å²) in [6, 6.07) is 4.17. The largest absolute Gasteiger partial charge is 0.350 e. The van der Waals surface area contributed by atoms with Gasteiger partial charge in [0.25, 0.3) is 0 Å². The zero-order valence-corrected chi connectivity index (χ0v) is 11.3. The number of nitrogens with one attached hydrogen (secondary N) is 2. The molecule has 1 amide bonds. The van der Waals surface area contributed by atoms with Crippen LogP contribution in [0, 0.1) is 12.8 Å². The van der Waals surface area contributed by atoms with Crippen LogP contribution in [0.15, 0.2) is 12.1 Å². The van der Waals surface area contributed by atoms with Gasteiger partial charge >= 0.3 is 0 Å². The Morgan fingerprint density at radius 2 is 2.41 bits per heavy atom. The van der Waals surface area contributed by atoms with E-state index in [1.165, 1.54) is 16.2 Å². The maximum Gasteiger partial charge on any atom is 0.237 e. The summed E-state index contributed by atoms with van der Waals surface area (Å²) in [5.74, 6) is 0.790. The van der Waals surface area contributed by atoms with Gasteiger partial charge < -0.3 is 10.6 Å². The Balaban J connectivity index is 1.80. The minimum atomic E-state index is -0.000177. The molecule has 1 aliphatic rings. The summed E-state index contributed by atoms with van der Waals surface area (Å²) in [7, 11) is 0. The lowest BCUT2D eigenvalue weighted by molar-refractivity contribution is -0.124. The van der Waals surface area contributed by atoms with Gasteiger partial charge in [-0.05, 0) is 44.4 Å². The molecule has 4 heteroatoms. The van der Waals surface area contributed by atoms with Gasteiger partial charge in [-0.1, -0.05) is 6.92 Å². The van der Waals surface area contributed by atoms with E-state index in [-0.39, 0.29) is 11.9 Å². The van der Waals surface area contributed by atoms with Gasteiger partial charge in [0.2, 0.25) is 5.91 Å². The van der Waals surface area contributed by atoms with Crippen molar-refractivity contribution in [1.82, 2.24) is 10.6 Å². The number of hydrogen-bond acceptors (Lipinski definition) is 3. The molecule has 2 atom stereocenters. The normalized spacial score (nSPS) is 24.6. The summed E-state index contributed by atoms with van der Waals surface area (Å²) in [5.41, 5.74) is 0. The molecule has 0 spiro atoms. The lowest BCUT2D eigenvalue weighted by atomic mass is 9.94. The van der Waals surface area contributed by atoms with Crippen molar-refractivity contribution < 1.29 is 4.79 Å². The SMILES string of the molecule is Cc1ccc(CNC(=O)C2CC(C)CCN2)s1. The number of carbonyl (C=O) groups excluding carboxylic acids is 1. The smallest absolute Gasteiger partial charge is 0.237 e. The van der Waals surface area contributed by atoms with Gasteiger partial charge in [0.15, 0.2) is 0 Å². The Hall–Kier alpha value is -0.870. The van der Waals surface area contributed by atoms with E-state index in [9.17, 15) is 4.79 Å². The number of hydrogen-bond donors (Lipinski definition) is 2. The maximum atomic E-state index is 12.0. The summed E-state index contributed by atoms with van der Waals surface area (Å²) < 4.78 is 0. The first-order chi connectivity index (χ1) is 8.15. The summed E-state index contributed by atoms with van der Waals surface area (Å²) in [6.07, 6.45) is 2.13. The Morgan fingerprint density at radius 3 is 3.06 bits per heavy atom. The number of carbonyl (C=O) groups is 1. The fourth-order valence-electron chi connectivity index (χ4n) is 2.18. The lowest BCUT2D eigenvalue weighted by Gasteiger charge is -2.27. The first-order valence-electron chi connectivity index (χ1n) is 6.21. The molecule has 2 heterocycles. The third-order valence-electron chi connectivity index (χ3n) is 3.22. The van der Waals surface area contributed by atoms with Gasteiger partial charge in [-0.2, -0.15) is 0 Å². The topological polar surface area (TPSA) is 41.1 Å². The predicted octanol–water partition coefficient (Wildman–Crippen LogP) is 2.06. The van der Waals surface area contributed by atoms with Crippen molar-refractivity contribution in [3.8, 4) is 0 Å². The first kappa shape index (κ1) is 12.6. The van der Waals surface area contributed by atoms with Crippen molar-refractivity contribution in [3.05, 3.63) is 21.9 Å². The van der Waals surface area contributed by atoms with E-state index in [1.807, 2.05) is 0 Å². The van der Waals surface area contributed by atoms with E-state index in [0.29, 0.717) is 12.5 Å². The molecule has 0 bridgehead atoms. The molecule has 1 aromatic heterocycles. The van der Waals surface area contributed by atoms with Gasteiger partial charge in [-0.15, -0.1) is 11.3 Å². The van der Waals surface area contributed by atoms with E-state index < -0.39 is 0 Å². The van der Waals surface area contributed by atoms with E-state index in [2.05, 4.69) is 36.6 Å². The van der Waals surface area contributed by atoms with Crippen LogP contribution in [0.25, 0.3) is 0 Å². The van der Waals surface area contributed by atoms with Crippen molar-refractivity contribution in [3.63, 3.8) is 0 Å². The number of aryl methyl sites for hydroxylation is 1. The van der Waals surface area contributed by atoms with Crippen LogP contribution in [0.3, 0.4) is 0 Å². The summed E-state index contributed by atoms with van der Waals surface area (Å²) >= 11 is 1.74. The molecule has 1 saturated heterocycles. The summed E-state index contributed by atoms with van der Waals surface area (Å²) in [6.45, 7) is 5.91. The molecule has 1 aliphatic heterocycles. The van der Waals surface area contributed by atoms with Crippen LogP contribution in [0.5, 0.6) is 0 Å². The summed E-state index contributed by atoms with van der Waals surface area (Å²) in [4.78, 5) is 14.5. The molecule has 0 radical (unpaired) electrons. The highest BCUT2D eigenvalue weighted by molar-refractivity contribution is 7.11. The third-order valence-corrected chi connectivity index (χ3v) is 4.22. The Labute approximate surface area is 107 Å². The molecule has 3 nitrogen and oxygen atoms in total. The minimum Gasteiger partial charge on any atom is -0.350 e. The van der Waals surface area contributed by atoms with E-state index >= 15 is 0 Å². The van der Waals surface area contributed by atoms with E-state index in [0.717, 1.165) is 13.0 Å². The predicted molar refractivity (Wildman–Crippen MR) is 71.1 cm³/mol. The van der Waals surface area contributed by atoms with Crippen LogP contribution in [-0.4, -0.2) is 18.5 Å². The van der Waals surface area contributed by atoms with Gasteiger partial charge in [0.05, 0.1) is 12.6 Å². The van der Waals surface area contributed by atoms with Crippen molar-refractivity contribution in [2.24, 2.45) is 5.92 Å². The van der Waals surface area contributed by atoms with Crippen molar-refractivity contribution in [1.29, 1.82) is 0 Å². The van der Waals surface area contributed by atoms with E-state index in [4.69, 9.17) is 0 Å². The molecule has 2 N–H and O–H groups in total. The molecule has 0 saturated carbocycles. The molecule has 2 rings (SSSR count). The average Bonchev–Trinajstić information content (AvgIpc) is 2.72. The Morgan fingerprint density at radius 1 is 1.59 bits per heavy atom. The third kappa shape index (κ3) is 3.54. The second kappa shape index (κ2) is 5.65. The van der Waals surface area contributed by atoms with Gasteiger partial charge in [0, 0.05) is 9.75 Å². The van der Waals surface area contributed by atoms with Crippen LogP contribution in [0.1, 0.15) is 29.5 Å². The Bertz CT molecular complexity index is 389. The van der Waals surface area contributed by atoms with Crippen molar-refractivity contribution in [2.75, 3.05) is 6.54 Å². The van der Waals surface area contributed by atoms with Gasteiger partial charge in [-0.25, -0.2) is 0 Å². The fourth-order valence-corrected chi connectivity index (χ4v) is 3.01. The summed E-state index contributed by atoms with van der Waals surface area (Å²) in [5, 5.41) is 6.29. The van der Waals surface area contributed by atoms with Crippen molar-refractivity contribution >= 4 is 17.2 Å². The zero-order chi connectivity index (χ0) is 12.3. The van der Waals surface area contributed by atoms with Crippen LogP contribution in [-0.2, 0) is 11.3 Å². The molecule has 1 aromatic rings. The average molecular weight is 252 g/mol. The highest BCUT2D eigenvalue weighted by atomic mass is 32.1. The first-order valence-corrected chi connectivity index (χ1v) is 7.03. The number of amides is 1. The number of piperidine rings is 1. The quantitative estimate of drug-likeness (QED) is 0.864. The standard InChI is InChI=1S/C13H20N2OS/c1-9-5-6-14-12(7-9)13(16)15-8-11-4-3-10(2)17-11/h3-4,9,12,14H,5-8H2,1-2H3,(H,15,16). The highest BCUT2D eigenvalue weighted by Crippen LogP contribution is 2.16. The van der Waals surface area contributed by atoms with Gasteiger partial charge in [-0.3, -0.25) is 4.79 Å². The molecule has 2 unspecified atom stereocenters. The maximum absolute atomic E-state index is 12.0. The highest BCUT2D eigenvalue weighted by Gasteiger charge is 2.24. The molecular formula is C13H20N2OS. The van der Waals surface area contributed by atoms with Crippen molar-refractivity contribution in [2.45, 2.75) is 39.3 Å². The monoisotopic (exact) mass is 252 g/mol. The van der Waals surface area contributed by atoms with E-state index in [1.54, 1.807) is 11.3 Å². The van der Waals surface area contributed by atoms with Crippen LogP contribution in [0.4, 0.5) is 0 Å². The molecular weight excluding hydrogens is 232 g/mol. The molecule has 17 heavy (non-hydrogen) atoms. The van der Waals surface area contributed by atoms with Gasteiger partial charge in [0.1, 0.15) is 0 Å². The zero-order valence-electron chi connectivity index (χ0n) is 10.5. The molecule has 94 valence electrons. The second-order valence-electron chi connectivity index (χ2n) is 4.87. The lowest BCUT2D eigenvalue weighted by Crippen LogP contribution is -2.48. The van der Waals surface area contributed by atoms with Crippen LogP contribution in [0.2, 0.25) is 0 Å². The number of rotatable bonds is 3. The molecule has 0 aliphatic carbocycles. The molecule has 1 fully saturated rings. The second-order valence-corrected chi connectivity index (χ2v) is 6.24. The number of thiophene rings is 1. The molecule has 0 aromatic carbocycles. The Kier molecular flexibility index (Phi) is 4.18. The fraction of sp³-hybridized carbons (Fsp3) is 0.615. The minimum absolute atomic E-state index is 0.000177. The van der Waals surface area contributed by atoms with Crippen LogP contribution < -0.4 is 10.6 Å².